The van der Waals surface area contributed by atoms with E-state index in [2.05, 4.69) is 32.9 Å². The molecule has 0 radical (unpaired) electrons. The Balaban J connectivity index is 2.70. The van der Waals surface area contributed by atoms with Crippen LogP contribution >= 0.6 is 0 Å². The summed E-state index contributed by atoms with van der Waals surface area (Å²) in [7, 11) is 0. The number of hydrogen-bond donors (Lipinski definition) is 0. The van der Waals surface area contributed by atoms with Gasteiger partial charge in [-0.3, -0.25) is 4.79 Å². The van der Waals surface area contributed by atoms with Gasteiger partial charge in [-0.15, -0.1) is 0 Å². The lowest BCUT2D eigenvalue weighted by molar-refractivity contribution is -0.127. The molecule has 1 rings (SSSR count). The molecule has 0 aromatic carbocycles. The number of ether oxygens (including phenoxy) is 1. The molecule has 0 N–H and O–H groups in total. The van der Waals surface area contributed by atoms with Crippen LogP contribution in [0.5, 0.6) is 0 Å². The first-order valence-corrected chi connectivity index (χ1v) is 7.07. The van der Waals surface area contributed by atoms with Gasteiger partial charge in [0.1, 0.15) is 0 Å². The highest BCUT2D eigenvalue weighted by Gasteiger charge is 2.40. The van der Waals surface area contributed by atoms with Crippen LogP contribution in [-0.2, 0) is 9.53 Å². The summed E-state index contributed by atoms with van der Waals surface area (Å²) in [5.41, 5.74) is -0.224. The Morgan fingerprint density at radius 3 is 2.72 bits per heavy atom. The second-order valence-corrected chi connectivity index (χ2v) is 5.35. The van der Waals surface area contributed by atoms with Crippen LogP contribution in [0.1, 0.15) is 53.4 Å². The van der Waals surface area contributed by atoms with Crippen molar-refractivity contribution in [2.75, 3.05) is 6.61 Å². The van der Waals surface area contributed by atoms with Gasteiger partial charge in [-0.05, 0) is 32.1 Å². The van der Waals surface area contributed by atoms with Gasteiger partial charge in [-0.25, -0.2) is 0 Å². The number of carbonyl (C=O) groups excluding carboxylic acids is 1. The normalized spacial score (nSPS) is 28.6. The van der Waals surface area contributed by atoms with Gasteiger partial charge in [0.25, 0.3) is 0 Å². The van der Waals surface area contributed by atoms with Gasteiger partial charge in [0.15, 0.2) is 5.78 Å². The molecule has 18 heavy (non-hydrogen) atoms. The first-order valence-electron chi connectivity index (χ1n) is 7.07. The molecule has 2 atom stereocenters. The molecule has 2 heteroatoms. The summed E-state index contributed by atoms with van der Waals surface area (Å²) in [6.07, 6.45) is 9.93. The van der Waals surface area contributed by atoms with Gasteiger partial charge in [0.05, 0.1) is 12.4 Å². The molecule has 0 aromatic rings. The monoisotopic (exact) mass is 250 g/mol. The van der Waals surface area contributed by atoms with Gasteiger partial charge < -0.3 is 4.74 Å². The van der Waals surface area contributed by atoms with Gasteiger partial charge >= 0.3 is 0 Å². The Bertz CT molecular complexity index is 341. The number of carbonyl (C=O) groups is 1. The molecule has 0 aliphatic heterocycles. The maximum Gasteiger partial charge on any atom is 0.165 e. The van der Waals surface area contributed by atoms with E-state index in [1.54, 1.807) is 6.08 Å². The molecular formula is C16H26O2. The second-order valence-electron chi connectivity index (χ2n) is 5.35. The van der Waals surface area contributed by atoms with E-state index in [4.69, 9.17) is 4.74 Å². The molecule has 0 fully saturated rings. The summed E-state index contributed by atoms with van der Waals surface area (Å²) in [6.45, 7) is 8.98. The van der Waals surface area contributed by atoms with Crippen molar-refractivity contribution in [1.82, 2.24) is 0 Å². The Hall–Kier alpha value is -1.05. The van der Waals surface area contributed by atoms with Crippen molar-refractivity contribution in [3.05, 3.63) is 24.0 Å². The molecular weight excluding hydrogens is 224 g/mol. The predicted molar refractivity (Wildman–Crippen MR) is 75.3 cm³/mol. The van der Waals surface area contributed by atoms with Crippen LogP contribution in [-0.4, -0.2) is 12.4 Å². The number of rotatable bonds is 6. The Morgan fingerprint density at radius 1 is 1.44 bits per heavy atom. The van der Waals surface area contributed by atoms with Gasteiger partial charge in [0, 0.05) is 17.9 Å². The summed E-state index contributed by atoms with van der Waals surface area (Å²) in [5.74, 6) is 1.44. The maximum atomic E-state index is 12.3. The zero-order valence-electron chi connectivity index (χ0n) is 12.2. The molecule has 0 bridgehead atoms. The van der Waals surface area contributed by atoms with Crippen LogP contribution in [0.25, 0.3) is 0 Å². The van der Waals surface area contributed by atoms with E-state index >= 15 is 0 Å². The average molecular weight is 250 g/mol. The fourth-order valence-electron chi connectivity index (χ4n) is 2.46. The predicted octanol–water partition coefficient (Wildman–Crippen LogP) is 4.27. The van der Waals surface area contributed by atoms with Crippen molar-refractivity contribution in [2.24, 2.45) is 11.3 Å². The highest BCUT2D eigenvalue weighted by Crippen LogP contribution is 2.41. The molecule has 0 heterocycles. The molecule has 0 spiro atoms. The zero-order chi connectivity index (χ0) is 13.6. The van der Waals surface area contributed by atoms with Crippen molar-refractivity contribution in [1.29, 1.82) is 0 Å². The number of allylic oxidation sites excluding steroid dienone is 4. The molecule has 0 aromatic heterocycles. The van der Waals surface area contributed by atoms with E-state index in [0.717, 1.165) is 31.4 Å². The Labute approximate surface area is 111 Å². The topological polar surface area (TPSA) is 26.3 Å². The molecule has 102 valence electrons. The summed E-state index contributed by atoms with van der Waals surface area (Å²) >= 11 is 0. The smallest absolute Gasteiger partial charge is 0.165 e. The quantitative estimate of drug-likeness (QED) is 0.658. The van der Waals surface area contributed by atoms with E-state index in [1.807, 2.05) is 6.92 Å². The largest absolute Gasteiger partial charge is 0.498 e. The van der Waals surface area contributed by atoms with E-state index in [0.29, 0.717) is 12.5 Å². The third kappa shape index (κ3) is 3.47. The van der Waals surface area contributed by atoms with Crippen LogP contribution in [0.2, 0.25) is 0 Å². The SMILES string of the molecule is CC/C=C\CC[C@]1(C)C(=O)C=C(OCC)C[C@H]1C. The maximum absolute atomic E-state index is 12.3. The lowest BCUT2D eigenvalue weighted by atomic mass is 9.67. The van der Waals surface area contributed by atoms with Crippen LogP contribution in [0, 0.1) is 11.3 Å². The van der Waals surface area contributed by atoms with Crippen molar-refractivity contribution in [3.63, 3.8) is 0 Å². The van der Waals surface area contributed by atoms with Crippen molar-refractivity contribution in [3.8, 4) is 0 Å². The first kappa shape index (κ1) is 15.0. The third-order valence-corrected chi connectivity index (χ3v) is 4.01. The molecule has 0 saturated carbocycles. The van der Waals surface area contributed by atoms with Crippen LogP contribution < -0.4 is 0 Å². The lowest BCUT2D eigenvalue weighted by Gasteiger charge is -2.37. The molecule has 1 aliphatic rings. The van der Waals surface area contributed by atoms with E-state index in [1.165, 1.54) is 0 Å². The molecule has 0 unspecified atom stereocenters. The second kappa shape index (κ2) is 6.77. The van der Waals surface area contributed by atoms with Gasteiger partial charge in [-0.2, -0.15) is 0 Å². The minimum absolute atomic E-state index is 0.224. The fraction of sp³-hybridized carbons (Fsp3) is 0.688. The minimum atomic E-state index is -0.224. The Kier molecular flexibility index (Phi) is 5.64. The number of hydrogen-bond acceptors (Lipinski definition) is 2. The molecule has 1 aliphatic carbocycles. The molecule has 0 amide bonds. The highest BCUT2D eigenvalue weighted by molar-refractivity contribution is 5.96. The van der Waals surface area contributed by atoms with Crippen LogP contribution in [0.15, 0.2) is 24.0 Å². The average Bonchev–Trinajstić information content (AvgIpc) is 2.32. The lowest BCUT2D eigenvalue weighted by Crippen LogP contribution is -2.37. The van der Waals surface area contributed by atoms with E-state index in [9.17, 15) is 4.79 Å². The van der Waals surface area contributed by atoms with E-state index < -0.39 is 0 Å². The van der Waals surface area contributed by atoms with Gasteiger partial charge in [-0.1, -0.05) is 32.9 Å². The zero-order valence-corrected chi connectivity index (χ0v) is 12.2. The van der Waals surface area contributed by atoms with Gasteiger partial charge in [0.2, 0.25) is 0 Å². The fourth-order valence-corrected chi connectivity index (χ4v) is 2.46. The minimum Gasteiger partial charge on any atom is -0.498 e. The van der Waals surface area contributed by atoms with Crippen molar-refractivity contribution < 1.29 is 9.53 Å². The Morgan fingerprint density at radius 2 is 2.17 bits per heavy atom. The first-order chi connectivity index (χ1) is 8.54. The third-order valence-electron chi connectivity index (χ3n) is 4.01. The summed E-state index contributed by atoms with van der Waals surface area (Å²) in [4.78, 5) is 12.3. The van der Waals surface area contributed by atoms with Crippen LogP contribution in [0.4, 0.5) is 0 Å². The highest BCUT2D eigenvalue weighted by atomic mass is 16.5. The molecule has 2 nitrogen and oxygen atoms in total. The summed E-state index contributed by atoms with van der Waals surface area (Å²) in [6, 6.07) is 0. The van der Waals surface area contributed by atoms with Crippen molar-refractivity contribution in [2.45, 2.75) is 53.4 Å². The number of ketones is 1. The van der Waals surface area contributed by atoms with Crippen molar-refractivity contribution >= 4 is 5.78 Å². The summed E-state index contributed by atoms with van der Waals surface area (Å²) in [5, 5.41) is 0. The van der Waals surface area contributed by atoms with E-state index in [-0.39, 0.29) is 11.2 Å². The standard InChI is InChI=1S/C16H26O2/c1-5-7-8-9-10-16(4)13(3)11-14(18-6-2)12-15(16)17/h7-8,12-13H,5-6,9-11H2,1-4H3/b8-7-/t13-,16+/m1/s1. The van der Waals surface area contributed by atoms with Crippen LogP contribution in [0.3, 0.4) is 0 Å². The summed E-state index contributed by atoms with van der Waals surface area (Å²) < 4.78 is 5.49. The molecule has 0 saturated heterocycles.